The molecule has 5 rings (SSSR count). The highest BCUT2D eigenvalue weighted by atomic mass is 32.1. The molecule has 2 N–H and O–H groups in total. The number of pyridine rings is 1. The minimum absolute atomic E-state index is 0.0142. The molecule has 1 fully saturated rings. The van der Waals surface area contributed by atoms with Gasteiger partial charge >= 0.3 is 0 Å². The SMILES string of the molecule is CCC(=O)Nc1ccc(N2C(=S)N[C@@H](c3ccccn3)[C@@H]2c2cccn2-c2ccc(OC)cc2)cc1C. The summed E-state index contributed by atoms with van der Waals surface area (Å²) < 4.78 is 7.53. The summed E-state index contributed by atoms with van der Waals surface area (Å²) in [4.78, 5) is 18.8. The molecule has 8 heteroatoms. The second-order valence-electron chi connectivity index (χ2n) is 8.90. The van der Waals surface area contributed by atoms with Gasteiger partial charge in [-0.05, 0) is 91.4 Å². The Morgan fingerprint density at radius 3 is 2.54 bits per heavy atom. The maximum absolute atomic E-state index is 12.0. The molecule has 2 aromatic carbocycles. The fourth-order valence-corrected chi connectivity index (χ4v) is 5.07. The van der Waals surface area contributed by atoms with Gasteiger partial charge in [-0.3, -0.25) is 9.78 Å². The number of carbonyl (C=O) groups is 1. The third kappa shape index (κ3) is 4.80. The summed E-state index contributed by atoms with van der Waals surface area (Å²) in [7, 11) is 1.66. The summed E-state index contributed by atoms with van der Waals surface area (Å²) in [6, 6.07) is 23.7. The molecule has 0 spiro atoms. The van der Waals surface area contributed by atoms with Crippen LogP contribution in [0.3, 0.4) is 0 Å². The van der Waals surface area contributed by atoms with Crippen LogP contribution >= 0.6 is 12.2 Å². The maximum Gasteiger partial charge on any atom is 0.224 e. The Bertz CT molecular complexity index is 1420. The van der Waals surface area contributed by atoms with E-state index >= 15 is 0 Å². The van der Waals surface area contributed by atoms with Crippen molar-refractivity contribution in [3.05, 3.63) is 102 Å². The molecule has 2 atom stereocenters. The second kappa shape index (κ2) is 10.4. The Kier molecular flexibility index (Phi) is 6.92. The van der Waals surface area contributed by atoms with Crippen molar-refractivity contribution in [2.24, 2.45) is 0 Å². The zero-order valence-corrected chi connectivity index (χ0v) is 21.8. The lowest BCUT2D eigenvalue weighted by molar-refractivity contribution is -0.115. The number of nitrogens with one attached hydrogen (secondary N) is 2. The number of amides is 1. The standard InChI is InChI=1S/C29H29N5O2S/c1-4-26(35)31-23-15-12-21(18-19(23)2)34-28(27(32-29(34)37)24-8-5-6-16-30-24)25-9-7-17-33(25)20-10-13-22(36-3)14-11-20/h5-18,27-28H,4H2,1-3H3,(H,31,35)(H,32,37)/t27-,28-/m0/s1. The van der Waals surface area contributed by atoms with E-state index in [-0.39, 0.29) is 18.0 Å². The van der Waals surface area contributed by atoms with Gasteiger partial charge in [-0.25, -0.2) is 0 Å². The quantitative estimate of drug-likeness (QED) is 0.310. The van der Waals surface area contributed by atoms with Crippen molar-refractivity contribution in [3.63, 3.8) is 0 Å². The van der Waals surface area contributed by atoms with Crippen LogP contribution in [0.25, 0.3) is 5.69 Å². The molecule has 7 nitrogen and oxygen atoms in total. The number of anilines is 2. The fourth-order valence-electron chi connectivity index (χ4n) is 4.72. The van der Waals surface area contributed by atoms with Gasteiger partial charge in [-0.1, -0.05) is 13.0 Å². The molecule has 1 saturated heterocycles. The minimum Gasteiger partial charge on any atom is -0.497 e. The number of carbonyl (C=O) groups excluding carboxylic acids is 1. The first kappa shape index (κ1) is 24.5. The Morgan fingerprint density at radius 1 is 1.08 bits per heavy atom. The average Bonchev–Trinajstić information content (AvgIpc) is 3.54. The van der Waals surface area contributed by atoms with Crippen LogP contribution in [0.5, 0.6) is 5.75 Å². The van der Waals surface area contributed by atoms with Crippen molar-refractivity contribution < 1.29 is 9.53 Å². The van der Waals surface area contributed by atoms with E-state index in [4.69, 9.17) is 17.0 Å². The van der Waals surface area contributed by atoms with E-state index in [9.17, 15) is 4.79 Å². The van der Waals surface area contributed by atoms with Crippen LogP contribution in [0.1, 0.15) is 42.4 Å². The number of benzene rings is 2. The van der Waals surface area contributed by atoms with Gasteiger partial charge in [-0.15, -0.1) is 0 Å². The normalized spacial score (nSPS) is 16.9. The van der Waals surface area contributed by atoms with Crippen molar-refractivity contribution in [1.82, 2.24) is 14.9 Å². The molecule has 0 radical (unpaired) electrons. The van der Waals surface area contributed by atoms with E-state index in [1.807, 2.05) is 74.5 Å². The zero-order valence-electron chi connectivity index (χ0n) is 21.0. The van der Waals surface area contributed by atoms with Crippen LogP contribution < -0.4 is 20.3 Å². The molecule has 1 aliphatic rings. The Hall–Kier alpha value is -4.17. The predicted molar refractivity (Wildman–Crippen MR) is 150 cm³/mol. The fraction of sp³-hybridized carbons (Fsp3) is 0.207. The van der Waals surface area contributed by atoms with Crippen molar-refractivity contribution in [1.29, 1.82) is 0 Å². The van der Waals surface area contributed by atoms with E-state index in [1.165, 1.54) is 0 Å². The molecule has 1 aliphatic heterocycles. The van der Waals surface area contributed by atoms with E-state index in [1.54, 1.807) is 13.3 Å². The summed E-state index contributed by atoms with van der Waals surface area (Å²) in [5.74, 6) is 0.791. The number of hydrogen-bond acceptors (Lipinski definition) is 4. The lowest BCUT2D eigenvalue weighted by Crippen LogP contribution is -2.30. The first-order chi connectivity index (χ1) is 18.0. The first-order valence-electron chi connectivity index (χ1n) is 12.2. The highest BCUT2D eigenvalue weighted by Gasteiger charge is 2.42. The van der Waals surface area contributed by atoms with E-state index in [0.717, 1.165) is 39.8 Å². The van der Waals surface area contributed by atoms with Crippen LogP contribution in [0, 0.1) is 6.92 Å². The molecular weight excluding hydrogens is 482 g/mol. The van der Waals surface area contributed by atoms with Crippen molar-refractivity contribution >= 4 is 34.6 Å². The molecular formula is C29H29N5O2S. The molecule has 2 aromatic heterocycles. The van der Waals surface area contributed by atoms with Crippen molar-refractivity contribution in [3.8, 4) is 11.4 Å². The van der Waals surface area contributed by atoms with Gasteiger partial charge < -0.3 is 24.8 Å². The predicted octanol–water partition coefficient (Wildman–Crippen LogP) is 5.71. The number of nitrogens with zero attached hydrogens (tertiary/aromatic N) is 3. The van der Waals surface area contributed by atoms with Crippen molar-refractivity contribution in [2.75, 3.05) is 17.3 Å². The third-order valence-corrected chi connectivity index (χ3v) is 6.93. The van der Waals surface area contributed by atoms with Gasteiger partial charge in [0.05, 0.1) is 18.8 Å². The topological polar surface area (TPSA) is 71.4 Å². The van der Waals surface area contributed by atoms with Crippen LogP contribution in [0.15, 0.2) is 85.2 Å². The Morgan fingerprint density at radius 2 is 1.86 bits per heavy atom. The number of thiocarbonyl (C=S) groups is 1. The van der Waals surface area contributed by atoms with Gasteiger partial charge in [-0.2, -0.15) is 0 Å². The van der Waals surface area contributed by atoms with Crippen LogP contribution in [-0.2, 0) is 4.79 Å². The number of rotatable bonds is 7. The van der Waals surface area contributed by atoms with E-state index < -0.39 is 0 Å². The summed E-state index contributed by atoms with van der Waals surface area (Å²) >= 11 is 5.90. The number of methoxy groups -OCH3 is 1. The van der Waals surface area contributed by atoms with Crippen LogP contribution in [0.2, 0.25) is 0 Å². The number of aryl methyl sites for hydroxylation is 1. The molecule has 0 saturated carbocycles. The molecule has 3 heterocycles. The zero-order chi connectivity index (χ0) is 25.9. The van der Waals surface area contributed by atoms with Crippen LogP contribution in [0.4, 0.5) is 11.4 Å². The molecule has 0 unspecified atom stereocenters. The molecule has 0 bridgehead atoms. The summed E-state index contributed by atoms with van der Waals surface area (Å²) in [5.41, 5.74) is 5.70. The van der Waals surface area contributed by atoms with Crippen molar-refractivity contribution in [2.45, 2.75) is 32.4 Å². The van der Waals surface area contributed by atoms with Gasteiger partial charge in [0, 0.05) is 41.6 Å². The highest BCUT2D eigenvalue weighted by Crippen LogP contribution is 2.43. The number of aromatic nitrogens is 2. The molecule has 1 amide bonds. The lowest BCUT2D eigenvalue weighted by atomic mass is 10.00. The number of hydrogen-bond donors (Lipinski definition) is 2. The van der Waals surface area contributed by atoms with Gasteiger partial charge in [0.25, 0.3) is 0 Å². The Balaban J connectivity index is 1.60. The van der Waals surface area contributed by atoms with Crippen LogP contribution in [-0.4, -0.2) is 27.7 Å². The lowest BCUT2D eigenvalue weighted by Gasteiger charge is -2.29. The molecule has 37 heavy (non-hydrogen) atoms. The van der Waals surface area contributed by atoms with E-state index in [2.05, 4.69) is 43.4 Å². The van der Waals surface area contributed by atoms with Gasteiger partial charge in [0.15, 0.2) is 5.11 Å². The van der Waals surface area contributed by atoms with E-state index in [0.29, 0.717) is 11.5 Å². The maximum atomic E-state index is 12.0. The molecule has 4 aromatic rings. The van der Waals surface area contributed by atoms with Gasteiger partial charge in [0.2, 0.25) is 5.91 Å². The first-order valence-corrected chi connectivity index (χ1v) is 12.6. The van der Waals surface area contributed by atoms with Gasteiger partial charge in [0.1, 0.15) is 11.8 Å². The minimum atomic E-state index is -0.171. The second-order valence-corrected chi connectivity index (χ2v) is 9.29. The smallest absolute Gasteiger partial charge is 0.224 e. The molecule has 0 aliphatic carbocycles. The summed E-state index contributed by atoms with van der Waals surface area (Å²) in [6.07, 6.45) is 4.29. The highest BCUT2D eigenvalue weighted by molar-refractivity contribution is 7.80. The largest absolute Gasteiger partial charge is 0.497 e. The summed E-state index contributed by atoms with van der Waals surface area (Å²) in [5, 5.41) is 7.11. The number of ether oxygens (including phenoxy) is 1. The monoisotopic (exact) mass is 511 g/mol. The summed E-state index contributed by atoms with van der Waals surface area (Å²) in [6.45, 7) is 3.83. The third-order valence-electron chi connectivity index (χ3n) is 6.62. The molecule has 188 valence electrons. The Labute approximate surface area is 222 Å². The average molecular weight is 512 g/mol.